The second kappa shape index (κ2) is 9.19. The van der Waals surface area contributed by atoms with Crippen LogP contribution in [0.1, 0.15) is 25.3 Å². The molecule has 3 heterocycles. The molecule has 33 heavy (non-hydrogen) atoms. The van der Waals surface area contributed by atoms with Gasteiger partial charge in [-0.15, -0.1) is 0 Å². The Hall–Kier alpha value is -3.45. The first-order valence-corrected chi connectivity index (χ1v) is 11.3. The van der Waals surface area contributed by atoms with Gasteiger partial charge in [-0.25, -0.2) is 14.4 Å². The molecule has 0 unspecified atom stereocenters. The quantitative estimate of drug-likeness (QED) is 0.422. The first-order valence-electron chi connectivity index (χ1n) is 11.3. The number of nitrogens with one attached hydrogen (secondary N) is 1. The van der Waals surface area contributed by atoms with Crippen LogP contribution in [0.25, 0.3) is 27.8 Å². The molecule has 0 bridgehead atoms. The largest absolute Gasteiger partial charge is 0.494 e. The van der Waals surface area contributed by atoms with Crippen LogP contribution >= 0.6 is 0 Å². The first kappa shape index (κ1) is 21.4. The molecule has 1 fully saturated rings. The maximum absolute atomic E-state index is 14.5. The molecule has 0 saturated carbocycles. The van der Waals surface area contributed by atoms with Crippen molar-refractivity contribution in [1.29, 1.82) is 0 Å². The Bertz CT molecular complexity index is 1280. The Morgan fingerprint density at radius 2 is 2.00 bits per heavy atom. The average Bonchev–Trinajstić information content (AvgIpc) is 3.21. The van der Waals surface area contributed by atoms with Crippen LogP contribution in [0.2, 0.25) is 0 Å². The highest BCUT2D eigenvalue weighted by molar-refractivity contribution is 6.02. The van der Waals surface area contributed by atoms with E-state index >= 15 is 0 Å². The molecule has 6 nitrogen and oxygen atoms in total. The molecule has 7 heteroatoms. The summed E-state index contributed by atoms with van der Waals surface area (Å²) < 4.78 is 27.7. The normalized spacial score (nSPS) is 14.5. The van der Waals surface area contributed by atoms with Gasteiger partial charge in [0.15, 0.2) is 5.65 Å². The highest BCUT2D eigenvalue weighted by Gasteiger charge is 2.21. The molecule has 1 aliphatic rings. The number of ether oxygens (including phenoxy) is 2. The van der Waals surface area contributed by atoms with Gasteiger partial charge in [-0.05, 0) is 62.1 Å². The molecule has 2 aromatic heterocycles. The second-order valence-corrected chi connectivity index (χ2v) is 8.31. The van der Waals surface area contributed by atoms with Gasteiger partial charge in [0.1, 0.15) is 23.7 Å². The summed E-state index contributed by atoms with van der Waals surface area (Å²) in [6.07, 6.45) is 5.41. The number of nitrogens with zero attached hydrogens (tertiary/aromatic N) is 3. The number of hydrogen-bond acceptors (Lipinski definition) is 5. The van der Waals surface area contributed by atoms with E-state index in [2.05, 4.69) is 34.3 Å². The number of rotatable bonds is 6. The Morgan fingerprint density at radius 3 is 2.79 bits per heavy atom. The molecule has 0 amide bonds. The number of anilines is 1. The number of halogens is 1. The lowest BCUT2D eigenvalue weighted by Gasteiger charge is -2.24. The van der Waals surface area contributed by atoms with Gasteiger partial charge in [0.2, 0.25) is 0 Å². The molecule has 1 N–H and O–H groups in total. The van der Waals surface area contributed by atoms with Gasteiger partial charge in [-0.1, -0.05) is 12.1 Å². The minimum Gasteiger partial charge on any atom is -0.494 e. The Morgan fingerprint density at radius 1 is 1.15 bits per heavy atom. The van der Waals surface area contributed by atoms with Crippen LogP contribution in [0, 0.1) is 12.7 Å². The summed E-state index contributed by atoms with van der Waals surface area (Å²) in [4.78, 5) is 9.22. The zero-order valence-electron chi connectivity index (χ0n) is 18.8. The molecule has 0 atom stereocenters. The van der Waals surface area contributed by atoms with Gasteiger partial charge in [0, 0.05) is 42.8 Å². The Labute approximate surface area is 192 Å². The SMILES string of the molecule is CCOc1cc(F)cc(-c2cn(-c3cccc(C)c3)c3ncnc(NC4CCOCC4)c23)c1. The van der Waals surface area contributed by atoms with Gasteiger partial charge in [0.05, 0.1) is 12.0 Å². The predicted molar refractivity (Wildman–Crippen MR) is 128 cm³/mol. The molecule has 0 spiro atoms. The van der Waals surface area contributed by atoms with Crippen molar-refractivity contribution >= 4 is 16.9 Å². The van der Waals surface area contributed by atoms with Crippen LogP contribution in [-0.2, 0) is 4.74 Å². The molecule has 170 valence electrons. The van der Waals surface area contributed by atoms with E-state index in [0.29, 0.717) is 12.4 Å². The standard InChI is InChI=1S/C26H27FN4O2/c1-3-33-22-13-18(12-19(27)14-22)23-15-31(21-6-4-5-17(2)11-21)26-24(23)25(28-16-29-26)30-20-7-9-32-10-8-20/h4-6,11-16,20H,3,7-10H2,1-2H3,(H,28,29,30). The van der Waals surface area contributed by atoms with Crippen LogP contribution in [0.5, 0.6) is 5.75 Å². The topological polar surface area (TPSA) is 61.2 Å². The highest BCUT2D eigenvalue weighted by atomic mass is 19.1. The van der Waals surface area contributed by atoms with Gasteiger partial charge in [0.25, 0.3) is 0 Å². The minimum absolute atomic E-state index is 0.263. The maximum Gasteiger partial charge on any atom is 0.150 e. The molecule has 2 aromatic carbocycles. The molecular formula is C26H27FN4O2. The summed E-state index contributed by atoms with van der Waals surface area (Å²) >= 11 is 0. The van der Waals surface area contributed by atoms with Gasteiger partial charge in [-0.2, -0.15) is 0 Å². The van der Waals surface area contributed by atoms with E-state index in [1.165, 1.54) is 12.1 Å². The fourth-order valence-corrected chi connectivity index (χ4v) is 4.37. The lowest BCUT2D eigenvalue weighted by Crippen LogP contribution is -2.28. The van der Waals surface area contributed by atoms with E-state index in [1.807, 2.05) is 35.9 Å². The van der Waals surface area contributed by atoms with Crippen molar-refractivity contribution in [2.45, 2.75) is 32.7 Å². The summed E-state index contributed by atoms with van der Waals surface area (Å²) in [5, 5.41) is 4.45. The molecule has 5 rings (SSSR count). The predicted octanol–water partition coefficient (Wildman–Crippen LogP) is 5.52. The third-order valence-electron chi connectivity index (χ3n) is 5.92. The van der Waals surface area contributed by atoms with E-state index in [-0.39, 0.29) is 11.9 Å². The smallest absolute Gasteiger partial charge is 0.150 e. The third-order valence-corrected chi connectivity index (χ3v) is 5.92. The Kier molecular flexibility index (Phi) is 5.96. The van der Waals surface area contributed by atoms with Crippen molar-refractivity contribution in [3.05, 3.63) is 66.4 Å². The van der Waals surface area contributed by atoms with E-state index in [4.69, 9.17) is 9.47 Å². The molecule has 1 saturated heterocycles. The molecule has 1 aliphatic heterocycles. The summed E-state index contributed by atoms with van der Waals surface area (Å²) in [6, 6.07) is 13.3. The number of benzene rings is 2. The summed E-state index contributed by atoms with van der Waals surface area (Å²) in [5.41, 5.74) is 4.47. The van der Waals surface area contributed by atoms with Crippen LogP contribution in [0.3, 0.4) is 0 Å². The van der Waals surface area contributed by atoms with E-state index < -0.39 is 0 Å². The molecule has 0 radical (unpaired) electrons. The fourth-order valence-electron chi connectivity index (χ4n) is 4.37. The zero-order chi connectivity index (χ0) is 22.8. The van der Waals surface area contributed by atoms with Crippen LogP contribution in [0.15, 0.2) is 55.0 Å². The van der Waals surface area contributed by atoms with Crippen LogP contribution < -0.4 is 10.1 Å². The number of aromatic nitrogens is 3. The van der Waals surface area contributed by atoms with E-state index in [9.17, 15) is 4.39 Å². The van der Waals surface area contributed by atoms with E-state index in [0.717, 1.165) is 65.3 Å². The van der Waals surface area contributed by atoms with Gasteiger partial charge < -0.3 is 19.4 Å². The number of aryl methyl sites for hydroxylation is 1. The van der Waals surface area contributed by atoms with Gasteiger partial charge in [-0.3, -0.25) is 0 Å². The maximum atomic E-state index is 14.5. The number of fused-ring (bicyclic) bond motifs is 1. The van der Waals surface area contributed by atoms with E-state index in [1.54, 1.807) is 6.33 Å². The van der Waals surface area contributed by atoms with Crippen molar-refractivity contribution in [2.75, 3.05) is 25.1 Å². The molecular weight excluding hydrogens is 419 g/mol. The van der Waals surface area contributed by atoms with Crippen molar-refractivity contribution in [3.63, 3.8) is 0 Å². The lowest BCUT2D eigenvalue weighted by molar-refractivity contribution is 0.0904. The monoisotopic (exact) mass is 446 g/mol. The van der Waals surface area contributed by atoms with Crippen molar-refractivity contribution < 1.29 is 13.9 Å². The van der Waals surface area contributed by atoms with Gasteiger partial charge >= 0.3 is 0 Å². The zero-order valence-corrected chi connectivity index (χ0v) is 18.8. The minimum atomic E-state index is -0.344. The molecule has 4 aromatic rings. The summed E-state index contributed by atoms with van der Waals surface area (Å²) in [6.45, 7) is 5.87. The highest BCUT2D eigenvalue weighted by Crippen LogP contribution is 2.37. The fraction of sp³-hybridized carbons (Fsp3) is 0.308. The van der Waals surface area contributed by atoms with Crippen molar-refractivity contribution in [3.8, 4) is 22.6 Å². The lowest BCUT2D eigenvalue weighted by atomic mass is 10.0. The first-order chi connectivity index (χ1) is 16.1. The third kappa shape index (κ3) is 4.41. The van der Waals surface area contributed by atoms with Crippen LogP contribution in [0.4, 0.5) is 10.2 Å². The average molecular weight is 447 g/mol. The van der Waals surface area contributed by atoms with Crippen molar-refractivity contribution in [1.82, 2.24) is 14.5 Å². The molecule has 0 aliphatic carbocycles. The summed E-state index contributed by atoms with van der Waals surface area (Å²) in [7, 11) is 0. The Balaban J connectivity index is 1.71. The summed E-state index contributed by atoms with van der Waals surface area (Å²) in [5.74, 6) is 0.901. The second-order valence-electron chi connectivity index (χ2n) is 8.31. The van der Waals surface area contributed by atoms with Crippen LogP contribution in [-0.4, -0.2) is 40.4 Å². The van der Waals surface area contributed by atoms with Crippen molar-refractivity contribution in [2.24, 2.45) is 0 Å². The number of hydrogen-bond donors (Lipinski definition) is 1.